The number of piperazine rings is 1. The molecule has 11 rings (SSSR count). The highest BCUT2D eigenvalue weighted by Gasteiger charge is 2.40. The molecule has 4 aromatic heterocycles. The van der Waals surface area contributed by atoms with Gasteiger partial charge in [0.1, 0.15) is 58.6 Å². The van der Waals surface area contributed by atoms with Crippen LogP contribution in [0.3, 0.4) is 0 Å². The Kier molecular flexibility index (Phi) is 18.8. The van der Waals surface area contributed by atoms with Crippen molar-refractivity contribution in [2.75, 3.05) is 50.6 Å². The van der Waals surface area contributed by atoms with Crippen LogP contribution < -0.4 is 30.7 Å². The third-order valence-corrected chi connectivity index (χ3v) is 16.4. The number of rotatable bonds is 18. The number of methoxy groups -OCH3 is 1. The molecule has 8 aromatic rings. The number of aliphatic hydroxyl groups excluding tert-OH is 1. The molecule has 23 heteroatoms. The van der Waals surface area contributed by atoms with E-state index in [1.807, 2.05) is 47.0 Å². The van der Waals surface area contributed by atoms with Crippen LogP contribution in [0.2, 0.25) is 0 Å². The molecular weight excluding hydrogens is 1090 g/mol. The first-order valence-corrected chi connectivity index (χ1v) is 28.0. The predicted octanol–water partition coefficient (Wildman–Crippen LogP) is 9.70. The zero-order valence-corrected chi connectivity index (χ0v) is 47.5. The van der Waals surface area contributed by atoms with E-state index in [1.165, 1.54) is 43.2 Å². The molecule has 3 fully saturated rings. The lowest BCUT2D eigenvalue weighted by Crippen LogP contribution is -2.44. The van der Waals surface area contributed by atoms with E-state index in [-0.39, 0.29) is 64.8 Å². The molecule has 0 saturated carbocycles. The number of nitrogens with zero attached hydrogens (tertiary/aromatic N) is 9. The molecule has 18 nitrogen and oxygen atoms in total. The number of nitriles is 1. The van der Waals surface area contributed by atoms with Gasteiger partial charge < -0.3 is 45.5 Å². The molecule has 2 bridgehead atoms. The Hall–Kier alpha value is -8.30. The minimum atomic E-state index is -1.26. The summed E-state index contributed by atoms with van der Waals surface area (Å²) in [6.07, 6.45) is 8.25. The molecule has 3 saturated heterocycles. The number of anilines is 2. The monoisotopic (exact) mass is 1160 g/mol. The number of benzene rings is 4. The van der Waals surface area contributed by atoms with E-state index in [9.17, 15) is 28.0 Å². The van der Waals surface area contributed by atoms with Crippen LogP contribution in [0.15, 0.2) is 85.2 Å². The van der Waals surface area contributed by atoms with Gasteiger partial charge in [0.25, 0.3) is 0 Å². The van der Waals surface area contributed by atoms with Gasteiger partial charge in [0.2, 0.25) is 12.8 Å². The summed E-state index contributed by atoms with van der Waals surface area (Å²) in [4.78, 5) is 39.5. The van der Waals surface area contributed by atoms with Gasteiger partial charge >= 0.3 is 6.01 Å². The van der Waals surface area contributed by atoms with Crippen molar-refractivity contribution in [2.45, 2.75) is 96.8 Å². The number of likely N-dealkylation sites (tertiary alicyclic amines) is 1. The van der Waals surface area contributed by atoms with Gasteiger partial charge in [-0.2, -0.15) is 15.2 Å². The molecule has 7 heterocycles. The fourth-order valence-corrected chi connectivity index (χ4v) is 11.1. The van der Waals surface area contributed by atoms with Crippen molar-refractivity contribution in [2.24, 2.45) is 5.92 Å². The summed E-state index contributed by atoms with van der Waals surface area (Å²) < 4.78 is 76.2. The van der Waals surface area contributed by atoms with Crippen LogP contribution in [0, 0.1) is 40.5 Å². The molecule has 434 valence electrons. The van der Waals surface area contributed by atoms with Crippen LogP contribution in [0.25, 0.3) is 54.6 Å². The van der Waals surface area contributed by atoms with Gasteiger partial charge in [-0.25, -0.2) is 22.2 Å². The predicted molar refractivity (Wildman–Crippen MR) is 308 cm³/mol. The van der Waals surface area contributed by atoms with Crippen molar-refractivity contribution in [3.05, 3.63) is 125 Å². The van der Waals surface area contributed by atoms with Gasteiger partial charge in [0, 0.05) is 67.6 Å². The van der Waals surface area contributed by atoms with Crippen LogP contribution in [0.4, 0.5) is 28.4 Å². The van der Waals surface area contributed by atoms with Crippen molar-refractivity contribution < 1.29 is 46.5 Å². The van der Waals surface area contributed by atoms with E-state index in [0.29, 0.717) is 69.1 Å². The number of halogens is 4. The van der Waals surface area contributed by atoms with Crippen LogP contribution in [0.1, 0.15) is 82.7 Å². The second kappa shape index (κ2) is 26.3. The Balaban J connectivity index is 0.000000233. The minimum absolute atomic E-state index is 0.154. The van der Waals surface area contributed by atoms with E-state index in [2.05, 4.69) is 59.6 Å². The first-order chi connectivity index (χ1) is 40.0. The summed E-state index contributed by atoms with van der Waals surface area (Å²) >= 11 is 1.03. The second-order valence-electron chi connectivity index (χ2n) is 21.0. The zero-order chi connectivity index (χ0) is 59.1. The molecule has 0 radical (unpaired) electrons. The summed E-state index contributed by atoms with van der Waals surface area (Å²) in [6.45, 7) is 13.1. The fraction of sp³-hybridized carbons (Fsp3) is 0.367. The van der Waals surface area contributed by atoms with Crippen molar-refractivity contribution in [3.8, 4) is 51.5 Å². The highest BCUT2D eigenvalue weighted by atomic mass is 32.1. The molecule has 2 amide bonds. The number of thiophene rings is 1. The van der Waals surface area contributed by atoms with Gasteiger partial charge in [0.05, 0.1) is 52.2 Å². The normalized spacial score (nSPS) is 17.4. The third-order valence-electron chi connectivity index (χ3n) is 15.4. The van der Waals surface area contributed by atoms with E-state index in [0.717, 1.165) is 72.8 Å². The Morgan fingerprint density at radius 3 is 2.33 bits per heavy atom. The maximum absolute atomic E-state index is 15.2. The molecule has 0 aliphatic carbocycles. The highest BCUT2D eigenvalue weighted by molar-refractivity contribution is 7.23. The summed E-state index contributed by atoms with van der Waals surface area (Å²) in [5.41, 5.74) is 10.7. The number of hydrogen-bond donors (Lipinski definition) is 4. The molecule has 4 aromatic carbocycles. The van der Waals surface area contributed by atoms with Gasteiger partial charge in [-0.15, -0.1) is 16.4 Å². The van der Waals surface area contributed by atoms with Gasteiger partial charge in [-0.1, -0.05) is 67.6 Å². The highest BCUT2D eigenvalue weighted by Crippen LogP contribution is 2.46. The summed E-state index contributed by atoms with van der Waals surface area (Å²) in [6, 6.07) is 21.3. The summed E-state index contributed by atoms with van der Waals surface area (Å²) in [5.74, 6) is -2.27. The topological polar surface area (TPSA) is 232 Å². The molecule has 0 spiro atoms. The van der Waals surface area contributed by atoms with Crippen molar-refractivity contribution >= 4 is 56.0 Å². The number of ether oxygens (including phenoxy) is 3. The minimum Gasteiger partial charge on any atom is -0.484 e. The quantitative estimate of drug-likeness (QED) is 0.0356. The molecule has 5 unspecified atom stereocenters. The number of carbonyl (C=O) groups is 2. The molecule has 83 heavy (non-hydrogen) atoms. The average molecular weight is 1160 g/mol. The lowest BCUT2D eigenvalue weighted by molar-refractivity contribution is -0.118. The third kappa shape index (κ3) is 12.9. The number of nitrogens with two attached hydrogens (primary N) is 1. The average Bonchev–Trinajstić information content (AvgIpc) is 3.63. The van der Waals surface area contributed by atoms with Crippen LogP contribution in [0.5, 0.6) is 11.8 Å². The molecule has 5 N–H and O–H groups in total. The van der Waals surface area contributed by atoms with Gasteiger partial charge in [-0.05, 0) is 86.9 Å². The number of carbonyl (C=O) groups excluding carboxylic acids is 2. The SMILES string of the molecule is CC1CCCN1C=O.CO[C@@H](C)COc1nc(N2CC3CC2CN3)c2cnc(-c3ccc(F)c4sc(N)c(C#N)c34)c(OCc3ccc(-c4cn(C(C)C(C)C)nn4)cc3)c2n1.O=CNC(CO)c1ccc(-c2c(F)ccc(F)c2F)cc1. The number of fused-ring (bicyclic) bond motifs is 4. The number of hydrogen-bond acceptors (Lipinski definition) is 16. The number of amides is 2. The van der Waals surface area contributed by atoms with Crippen molar-refractivity contribution in [1.29, 1.82) is 5.26 Å². The zero-order valence-electron chi connectivity index (χ0n) is 46.7. The smallest absolute Gasteiger partial charge is 0.319 e. The first-order valence-electron chi connectivity index (χ1n) is 27.2. The van der Waals surface area contributed by atoms with Crippen LogP contribution in [-0.2, 0) is 20.9 Å². The number of pyridine rings is 1. The number of aromatic nitrogens is 6. The van der Waals surface area contributed by atoms with E-state index in [1.54, 1.807) is 19.4 Å². The largest absolute Gasteiger partial charge is 0.484 e. The Labute approximate surface area is 481 Å². The van der Waals surface area contributed by atoms with Gasteiger partial charge in [-0.3, -0.25) is 14.6 Å². The Morgan fingerprint density at radius 1 is 0.964 bits per heavy atom. The van der Waals surface area contributed by atoms with E-state index in [4.69, 9.17) is 40.0 Å². The molecule has 3 aliphatic rings. The lowest BCUT2D eigenvalue weighted by atomic mass is 10.00. The summed E-state index contributed by atoms with van der Waals surface area (Å²) in [7, 11) is 1.62. The van der Waals surface area contributed by atoms with Gasteiger partial charge in [0.15, 0.2) is 17.4 Å². The molecule has 3 aliphatic heterocycles. The second-order valence-corrected chi connectivity index (χ2v) is 22.1. The summed E-state index contributed by atoms with van der Waals surface area (Å²) in [5, 5.41) is 35.3. The number of nitrogens with one attached hydrogen (secondary N) is 2. The molecular formula is C60H64F4N12O6S. The standard InChI is InChI=1S/C39H41FN10O3S.C15H12F3NO2.C6H11NO/c1-20(2)22(4)50-17-31(47-48-50)24-8-6-23(7-9-24)19-52-35-33(27-10-11-30(40)36-32(27)28(13-41)37(42)54-36)44-15-29-34(35)45-39(53-18-21(3)51-5)46-38(29)49-16-25-12-26(49)14-43-25;16-11-5-6-12(17)15(18)14(11)10-3-1-9(2-4-10)13(7-20)19-8-21;1-6-3-2-4-7(6)5-8/h6-11,15,17,20-22,25-26,43H,12,14,16,18-19,42H2,1-5H3;1-6,8,13,20H,7H2,(H,19,21);5-6H,2-4H2,1H3/t21-,22?,25?,26?;;/m0../s1. The van der Waals surface area contributed by atoms with Crippen molar-refractivity contribution in [3.63, 3.8) is 0 Å². The van der Waals surface area contributed by atoms with Crippen molar-refractivity contribution in [1.82, 2.24) is 45.5 Å². The maximum Gasteiger partial charge on any atom is 0.319 e. The first kappa shape index (κ1) is 59.3. The Bertz CT molecular complexity index is 3640. The molecule has 6 atom stereocenters. The van der Waals surface area contributed by atoms with Crippen LogP contribution in [-0.4, -0.2) is 117 Å². The number of nitrogen functional groups attached to an aromatic ring is 1. The van der Waals surface area contributed by atoms with E-state index < -0.39 is 34.9 Å². The maximum atomic E-state index is 15.2. The fourth-order valence-electron chi connectivity index (χ4n) is 10.2. The van der Waals surface area contributed by atoms with E-state index >= 15 is 4.39 Å². The Morgan fingerprint density at radius 2 is 1.70 bits per heavy atom. The lowest BCUT2D eigenvalue weighted by Gasteiger charge is -2.29. The van der Waals surface area contributed by atoms with Crippen LogP contribution >= 0.6 is 11.3 Å². The number of aliphatic hydroxyl groups is 1.